The second-order valence-corrected chi connectivity index (χ2v) is 10.4. The van der Waals surface area contributed by atoms with Crippen molar-refractivity contribution in [3.63, 3.8) is 0 Å². The van der Waals surface area contributed by atoms with Crippen molar-refractivity contribution in [3.05, 3.63) is 145 Å². The summed E-state index contributed by atoms with van der Waals surface area (Å²) in [7, 11) is 0. The standard InChI is InChI=1S/C39H23N/c40-24-25-13-15-26(16-14-25)27-17-18-29-22-30(20-19-28(29)21-27)37-23-38-33-9-2-1-7-31(33)32-8-3-5-11-35(32)39(38)36-12-6-4-10-34(36)37/h1-23H. The maximum atomic E-state index is 9.13. The summed E-state index contributed by atoms with van der Waals surface area (Å²) in [5.74, 6) is 0. The van der Waals surface area contributed by atoms with E-state index >= 15 is 0 Å². The Balaban J connectivity index is 1.38. The molecule has 0 aliphatic carbocycles. The monoisotopic (exact) mass is 505 g/mol. The van der Waals surface area contributed by atoms with Gasteiger partial charge >= 0.3 is 0 Å². The van der Waals surface area contributed by atoms with Gasteiger partial charge in [-0.2, -0.15) is 5.26 Å². The van der Waals surface area contributed by atoms with Gasteiger partial charge in [0.25, 0.3) is 0 Å². The Hall–Kier alpha value is -5.45. The first kappa shape index (κ1) is 22.5. The Labute approximate surface area is 232 Å². The predicted molar refractivity (Wildman–Crippen MR) is 170 cm³/mol. The average molecular weight is 506 g/mol. The minimum absolute atomic E-state index is 0.678. The predicted octanol–water partition coefficient (Wildman–Crippen LogP) is 10.7. The van der Waals surface area contributed by atoms with Crippen LogP contribution in [0.1, 0.15) is 5.56 Å². The van der Waals surface area contributed by atoms with E-state index in [9.17, 15) is 0 Å². The lowest BCUT2D eigenvalue weighted by Crippen LogP contribution is -1.89. The van der Waals surface area contributed by atoms with E-state index in [4.69, 9.17) is 5.26 Å². The first-order valence-electron chi connectivity index (χ1n) is 13.6. The van der Waals surface area contributed by atoms with E-state index in [-0.39, 0.29) is 0 Å². The SMILES string of the molecule is N#Cc1ccc(-c2ccc3cc(-c4cc5c6ccccc6c6ccccc6c5c5ccccc45)ccc3c2)cc1. The average Bonchev–Trinajstić information content (AvgIpc) is 3.04. The molecule has 8 aromatic carbocycles. The molecule has 184 valence electrons. The van der Waals surface area contributed by atoms with E-state index in [0.717, 1.165) is 11.1 Å². The summed E-state index contributed by atoms with van der Waals surface area (Å²) in [6, 6.07) is 52.2. The van der Waals surface area contributed by atoms with Crippen LogP contribution in [0.15, 0.2) is 140 Å². The normalized spacial score (nSPS) is 11.5. The van der Waals surface area contributed by atoms with E-state index in [1.165, 1.54) is 65.0 Å². The summed E-state index contributed by atoms with van der Waals surface area (Å²) in [4.78, 5) is 0. The van der Waals surface area contributed by atoms with Gasteiger partial charge in [0.05, 0.1) is 11.6 Å². The van der Waals surface area contributed by atoms with Gasteiger partial charge in [-0.25, -0.2) is 0 Å². The smallest absolute Gasteiger partial charge is 0.0991 e. The van der Waals surface area contributed by atoms with Gasteiger partial charge in [-0.15, -0.1) is 0 Å². The molecule has 1 heteroatoms. The molecule has 40 heavy (non-hydrogen) atoms. The molecule has 0 aliphatic rings. The van der Waals surface area contributed by atoms with Crippen LogP contribution in [-0.4, -0.2) is 0 Å². The van der Waals surface area contributed by atoms with Crippen LogP contribution in [0.4, 0.5) is 0 Å². The molecule has 0 unspecified atom stereocenters. The lowest BCUT2D eigenvalue weighted by molar-refractivity contribution is 1.48. The van der Waals surface area contributed by atoms with Crippen molar-refractivity contribution in [1.82, 2.24) is 0 Å². The van der Waals surface area contributed by atoms with Crippen LogP contribution in [0.5, 0.6) is 0 Å². The molecule has 0 atom stereocenters. The molecule has 0 fully saturated rings. The van der Waals surface area contributed by atoms with Crippen LogP contribution >= 0.6 is 0 Å². The lowest BCUT2D eigenvalue weighted by atomic mass is 9.87. The zero-order valence-corrected chi connectivity index (χ0v) is 21.7. The molecule has 0 aliphatic heterocycles. The number of hydrogen-bond acceptors (Lipinski definition) is 1. The fourth-order valence-corrected chi connectivity index (χ4v) is 6.34. The summed E-state index contributed by atoms with van der Waals surface area (Å²) in [5, 5.41) is 21.9. The Kier molecular flexibility index (Phi) is 4.96. The third-order valence-electron chi connectivity index (χ3n) is 8.25. The van der Waals surface area contributed by atoms with Crippen LogP contribution in [-0.2, 0) is 0 Å². The molecule has 0 bridgehead atoms. The highest BCUT2D eigenvalue weighted by atomic mass is 14.2. The van der Waals surface area contributed by atoms with Crippen LogP contribution in [0, 0.1) is 11.3 Å². The van der Waals surface area contributed by atoms with Crippen LogP contribution < -0.4 is 0 Å². The quantitative estimate of drug-likeness (QED) is 0.214. The van der Waals surface area contributed by atoms with Gasteiger partial charge in [0, 0.05) is 0 Å². The minimum atomic E-state index is 0.678. The minimum Gasteiger partial charge on any atom is -0.192 e. The Morgan fingerprint density at radius 1 is 0.375 bits per heavy atom. The van der Waals surface area contributed by atoms with Gasteiger partial charge in [0.15, 0.2) is 0 Å². The zero-order valence-electron chi connectivity index (χ0n) is 21.7. The highest BCUT2D eigenvalue weighted by molar-refractivity contribution is 6.33. The number of benzene rings is 8. The first-order valence-corrected chi connectivity index (χ1v) is 13.6. The molecule has 0 aromatic heterocycles. The highest BCUT2D eigenvalue weighted by Crippen LogP contribution is 2.43. The van der Waals surface area contributed by atoms with Crippen molar-refractivity contribution in [3.8, 4) is 28.3 Å². The second kappa shape index (κ2) is 8.80. The van der Waals surface area contributed by atoms with Gasteiger partial charge in [0.1, 0.15) is 0 Å². The highest BCUT2D eigenvalue weighted by Gasteiger charge is 2.15. The molecule has 0 radical (unpaired) electrons. The maximum Gasteiger partial charge on any atom is 0.0991 e. The van der Waals surface area contributed by atoms with Crippen molar-refractivity contribution in [2.45, 2.75) is 0 Å². The van der Waals surface area contributed by atoms with Gasteiger partial charge in [-0.05, 0) is 106 Å². The number of hydrogen-bond donors (Lipinski definition) is 0. The molecule has 0 saturated carbocycles. The van der Waals surface area contributed by atoms with E-state index in [0.29, 0.717) is 5.56 Å². The molecule has 0 amide bonds. The number of nitriles is 1. The summed E-state index contributed by atoms with van der Waals surface area (Å²) < 4.78 is 0. The molecule has 0 saturated heterocycles. The zero-order chi connectivity index (χ0) is 26.6. The van der Waals surface area contributed by atoms with E-state index in [1.807, 2.05) is 24.3 Å². The van der Waals surface area contributed by atoms with Gasteiger partial charge in [-0.1, -0.05) is 109 Å². The third kappa shape index (κ3) is 3.40. The van der Waals surface area contributed by atoms with Crippen molar-refractivity contribution in [2.75, 3.05) is 0 Å². The van der Waals surface area contributed by atoms with Gasteiger partial charge < -0.3 is 0 Å². The lowest BCUT2D eigenvalue weighted by Gasteiger charge is -2.16. The topological polar surface area (TPSA) is 23.8 Å². The third-order valence-corrected chi connectivity index (χ3v) is 8.25. The summed E-state index contributed by atoms with van der Waals surface area (Å²) >= 11 is 0. The maximum absolute atomic E-state index is 9.13. The fourth-order valence-electron chi connectivity index (χ4n) is 6.34. The first-order chi connectivity index (χ1) is 19.8. The van der Waals surface area contributed by atoms with E-state index in [1.54, 1.807) is 0 Å². The van der Waals surface area contributed by atoms with Crippen molar-refractivity contribution >= 4 is 53.9 Å². The van der Waals surface area contributed by atoms with Crippen molar-refractivity contribution in [1.29, 1.82) is 5.26 Å². The number of rotatable bonds is 2. The van der Waals surface area contributed by atoms with Crippen LogP contribution in [0.2, 0.25) is 0 Å². The fraction of sp³-hybridized carbons (Fsp3) is 0. The molecule has 1 nitrogen and oxygen atoms in total. The van der Waals surface area contributed by atoms with E-state index in [2.05, 4.69) is 121 Å². The molecular formula is C39H23N. The second-order valence-electron chi connectivity index (χ2n) is 10.4. The summed E-state index contributed by atoms with van der Waals surface area (Å²) in [6.45, 7) is 0. The van der Waals surface area contributed by atoms with Gasteiger partial charge in [-0.3, -0.25) is 0 Å². The largest absolute Gasteiger partial charge is 0.192 e. The Morgan fingerprint density at radius 2 is 0.850 bits per heavy atom. The van der Waals surface area contributed by atoms with Gasteiger partial charge in [0.2, 0.25) is 0 Å². The van der Waals surface area contributed by atoms with Crippen LogP contribution in [0.25, 0.3) is 76.1 Å². The van der Waals surface area contributed by atoms with E-state index < -0.39 is 0 Å². The molecule has 8 rings (SSSR count). The Bertz CT molecular complexity index is 2320. The summed E-state index contributed by atoms with van der Waals surface area (Å²) in [6.07, 6.45) is 0. The molecular weight excluding hydrogens is 482 g/mol. The molecule has 0 N–H and O–H groups in total. The van der Waals surface area contributed by atoms with Crippen LogP contribution in [0.3, 0.4) is 0 Å². The summed E-state index contributed by atoms with van der Waals surface area (Å²) in [5.41, 5.74) is 5.41. The van der Waals surface area contributed by atoms with Crippen molar-refractivity contribution < 1.29 is 0 Å². The molecule has 0 spiro atoms. The molecule has 0 heterocycles. The number of fused-ring (bicyclic) bond motifs is 9. The number of nitrogens with zero attached hydrogens (tertiary/aromatic N) is 1. The Morgan fingerprint density at radius 3 is 1.50 bits per heavy atom. The van der Waals surface area contributed by atoms with Crippen molar-refractivity contribution in [2.24, 2.45) is 0 Å². The molecule has 8 aromatic rings.